The van der Waals surface area contributed by atoms with Crippen molar-refractivity contribution in [3.05, 3.63) is 0 Å². The predicted molar refractivity (Wildman–Crippen MR) is 32.9 cm³/mol. The molecule has 0 heterocycles. The van der Waals surface area contributed by atoms with E-state index in [-0.39, 0.29) is 5.78 Å². The SMILES string of the molecule is C[C@@H]1CC[C@@H](F)C(=O)C1. The lowest BCUT2D eigenvalue weighted by atomic mass is 9.89. The molecule has 0 amide bonds. The fourth-order valence-corrected chi connectivity index (χ4v) is 1.17. The van der Waals surface area contributed by atoms with E-state index < -0.39 is 6.17 Å². The van der Waals surface area contributed by atoms with Gasteiger partial charge in [0, 0.05) is 6.42 Å². The highest BCUT2D eigenvalue weighted by atomic mass is 19.1. The first-order valence-corrected chi connectivity index (χ1v) is 3.37. The molecular formula is C7H11FO. The van der Waals surface area contributed by atoms with Gasteiger partial charge in [-0.3, -0.25) is 4.79 Å². The minimum Gasteiger partial charge on any atom is -0.296 e. The number of ketones is 1. The molecule has 0 spiro atoms. The van der Waals surface area contributed by atoms with Crippen LogP contribution in [0.2, 0.25) is 0 Å². The van der Waals surface area contributed by atoms with Gasteiger partial charge in [0.1, 0.15) is 0 Å². The van der Waals surface area contributed by atoms with Crippen LogP contribution in [0.15, 0.2) is 0 Å². The molecule has 1 saturated carbocycles. The molecule has 2 atom stereocenters. The molecule has 0 aromatic heterocycles. The van der Waals surface area contributed by atoms with E-state index in [1.807, 2.05) is 6.92 Å². The number of alkyl halides is 1. The van der Waals surface area contributed by atoms with Gasteiger partial charge in [0.25, 0.3) is 0 Å². The number of halogens is 1. The Kier molecular flexibility index (Phi) is 1.84. The second kappa shape index (κ2) is 2.46. The molecule has 1 fully saturated rings. The van der Waals surface area contributed by atoms with Gasteiger partial charge >= 0.3 is 0 Å². The Labute approximate surface area is 54.3 Å². The number of hydrogen-bond donors (Lipinski definition) is 0. The Morgan fingerprint density at radius 3 is 2.67 bits per heavy atom. The highest BCUT2D eigenvalue weighted by molar-refractivity contribution is 5.83. The molecule has 0 aromatic carbocycles. The summed E-state index contributed by atoms with van der Waals surface area (Å²) >= 11 is 0. The van der Waals surface area contributed by atoms with Crippen LogP contribution in [-0.4, -0.2) is 12.0 Å². The molecule has 0 saturated heterocycles. The Morgan fingerprint density at radius 2 is 2.22 bits per heavy atom. The molecule has 1 aliphatic rings. The molecule has 52 valence electrons. The Balaban J connectivity index is 2.44. The van der Waals surface area contributed by atoms with Gasteiger partial charge in [-0.05, 0) is 18.8 Å². The largest absolute Gasteiger partial charge is 0.296 e. The van der Waals surface area contributed by atoms with Gasteiger partial charge in [0.15, 0.2) is 12.0 Å². The van der Waals surface area contributed by atoms with Crippen LogP contribution in [0.25, 0.3) is 0 Å². The summed E-state index contributed by atoms with van der Waals surface area (Å²) in [4.78, 5) is 10.6. The average molecular weight is 130 g/mol. The van der Waals surface area contributed by atoms with Crippen molar-refractivity contribution >= 4 is 5.78 Å². The third-order valence-electron chi connectivity index (χ3n) is 1.81. The third-order valence-corrected chi connectivity index (χ3v) is 1.81. The third kappa shape index (κ3) is 1.50. The molecule has 9 heavy (non-hydrogen) atoms. The van der Waals surface area contributed by atoms with E-state index in [1.54, 1.807) is 0 Å². The van der Waals surface area contributed by atoms with E-state index in [0.717, 1.165) is 6.42 Å². The maximum atomic E-state index is 12.4. The molecule has 0 radical (unpaired) electrons. The van der Waals surface area contributed by atoms with Gasteiger partial charge in [-0.1, -0.05) is 6.92 Å². The smallest absolute Gasteiger partial charge is 0.167 e. The fraction of sp³-hybridized carbons (Fsp3) is 0.857. The highest BCUT2D eigenvalue weighted by Crippen LogP contribution is 2.22. The zero-order valence-electron chi connectivity index (χ0n) is 5.56. The zero-order valence-corrected chi connectivity index (χ0v) is 5.56. The van der Waals surface area contributed by atoms with E-state index >= 15 is 0 Å². The molecular weight excluding hydrogens is 119 g/mol. The monoisotopic (exact) mass is 130 g/mol. The predicted octanol–water partition coefficient (Wildman–Crippen LogP) is 1.71. The van der Waals surface area contributed by atoms with Crippen molar-refractivity contribution < 1.29 is 9.18 Å². The Morgan fingerprint density at radius 1 is 1.56 bits per heavy atom. The molecule has 0 aromatic rings. The number of carbonyl (C=O) groups is 1. The summed E-state index contributed by atoms with van der Waals surface area (Å²) < 4.78 is 12.4. The molecule has 2 heteroatoms. The first-order chi connectivity index (χ1) is 4.20. The van der Waals surface area contributed by atoms with Crippen molar-refractivity contribution in [2.75, 3.05) is 0 Å². The van der Waals surface area contributed by atoms with Crippen LogP contribution in [0.4, 0.5) is 4.39 Å². The minimum atomic E-state index is -1.15. The normalized spacial score (nSPS) is 36.9. The van der Waals surface area contributed by atoms with Gasteiger partial charge in [-0.15, -0.1) is 0 Å². The number of hydrogen-bond acceptors (Lipinski definition) is 1. The second-order valence-corrected chi connectivity index (χ2v) is 2.82. The Bertz CT molecular complexity index is 122. The second-order valence-electron chi connectivity index (χ2n) is 2.82. The topological polar surface area (TPSA) is 17.1 Å². The number of rotatable bonds is 0. The summed E-state index contributed by atoms with van der Waals surface area (Å²) in [6, 6.07) is 0. The van der Waals surface area contributed by atoms with Gasteiger partial charge in [-0.2, -0.15) is 0 Å². The fourth-order valence-electron chi connectivity index (χ4n) is 1.17. The average Bonchev–Trinajstić information content (AvgIpc) is 1.80. The lowest BCUT2D eigenvalue weighted by molar-refractivity contribution is -0.126. The molecule has 1 rings (SSSR count). The molecule has 0 N–H and O–H groups in total. The standard InChI is InChI=1S/C7H11FO/c1-5-2-3-6(8)7(9)4-5/h5-6H,2-4H2,1H3/t5-,6-/m1/s1. The summed E-state index contributed by atoms with van der Waals surface area (Å²) in [5.41, 5.74) is 0. The summed E-state index contributed by atoms with van der Waals surface area (Å²) in [7, 11) is 0. The molecule has 1 nitrogen and oxygen atoms in total. The molecule has 0 unspecified atom stereocenters. The Hall–Kier alpha value is -0.400. The quantitative estimate of drug-likeness (QED) is 0.488. The van der Waals surface area contributed by atoms with Crippen LogP contribution in [-0.2, 0) is 4.79 Å². The molecule has 0 bridgehead atoms. The number of carbonyl (C=O) groups excluding carboxylic acids is 1. The van der Waals surface area contributed by atoms with E-state index in [9.17, 15) is 9.18 Å². The van der Waals surface area contributed by atoms with Crippen LogP contribution in [0.5, 0.6) is 0 Å². The number of Topliss-reactive ketones (excluding diaryl/α,β-unsaturated/α-hetero) is 1. The van der Waals surface area contributed by atoms with E-state index in [4.69, 9.17) is 0 Å². The summed E-state index contributed by atoms with van der Waals surface area (Å²) in [6.07, 6.45) is 0.606. The van der Waals surface area contributed by atoms with Crippen LogP contribution in [0, 0.1) is 5.92 Å². The maximum absolute atomic E-state index is 12.4. The lowest BCUT2D eigenvalue weighted by Crippen LogP contribution is -2.24. The van der Waals surface area contributed by atoms with Gasteiger partial charge < -0.3 is 0 Å². The summed E-state index contributed by atoms with van der Waals surface area (Å²) in [5.74, 6) is 0.207. The minimum absolute atomic E-state index is 0.200. The van der Waals surface area contributed by atoms with Crippen LogP contribution in [0.3, 0.4) is 0 Å². The molecule has 0 aliphatic heterocycles. The van der Waals surface area contributed by atoms with Crippen molar-refractivity contribution in [3.8, 4) is 0 Å². The van der Waals surface area contributed by atoms with Crippen molar-refractivity contribution in [2.24, 2.45) is 5.92 Å². The lowest BCUT2D eigenvalue weighted by Gasteiger charge is -2.18. The van der Waals surface area contributed by atoms with E-state index in [0.29, 0.717) is 18.8 Å². The first kappa shape index (κ1) is 6.72. The van der Waals surface area contributed by atoms with E-state index in [1.165, 1.54) is 0 Å². The van der Waals surface area contributed by atoms with Crippen LogP contribution < -0.4 is 0 Å². The van der Waals surface area contributed by atoms with Crippen LogP contribution >= 0.6 is 0 Å². The highest BCUT2D eigenvalue weighted by Gasteiger charge is 2.25. The van der Waals surface area contributed by atoms with Gasteiger partial charge in [-0.25, -0.2) is 4.39 Å². The van der Waals surface area contributed by atoms with Crippen molar-refractivity contribution in [2.45, 2.75) is 32.4 Å². The van der Waals surface area contributed by atoms with E-state index in [2.05, 4.69) is 0 Å². The first-order valence-electron chi connectivity index (χ1n) is 3.37. The van der Waals surface area contributed by atoms with Crippen molar-refractivity contribution in [3.63, 3.8) is 0 Å². The van der Waals surface area contributed by atoms with Gasteiger partial charge in [0.05, 0.1) is 0 Å². The molecule has 1 aliphatic carbocycles. The zero-order chi connectivity index (χ0) is 6.85. The summed E-state index contributed by atoms with van der Waals surface area (Å²) in [6.45, 7) is 1.99. The summed E-state index contributed by atoms with van der Waals surface area (Å²) in [5, 5.41) is 0. The van der Waals surface area contributed by atoms with Crippen LogP contribution in [0.1, 0.15) is 26.2 Å². The van der Waals surface area contributed by atoms with Crippen molar-refractivity contribution in [1.82, 2.24) is 0 Å². The van der Waals surface area contributed by atoms with Crippen molar-refractivity contribution in [1.29, 1.82) is 0 Å². The van der Waals surface area contributed by atoms with Gasteiger partial charge in [0.2, 0.25) is 0 Å². The maximum Gasteiger partial charge on any atom is 0.167 e.